The Morgan fingerprint density at radius 3 is 2.59 bits per heavy atom. The molecule has 3 aromatic rings. The molecule has 0 saturated carbocycles. The number of para-hydroxylation sites is 1. The number of rotatable bonds is 6. The molecule has 0 aliphatic carbocycles. The fraction of sp³-hybridized carbons (Fsp3) is 0.368. The molecule has 0 fully saturated rings. The van der Waals surface area contributed by atoms with Crippen LogP contribution in [0.1, 0.15) is 55.5 Å². The van der Waals surface area contributed by atoms with Gasteiger partial charge in [0.15, 0.2) is 5.78 Å². The third-order valence-electron chi connectivity index (χ3n) is 4.56. The van der Waals surface area contributed by atoms with Crippen LogP contribution in [0.15, 0.2) is 30.5 Å². The van der Waals surface area contributed by atoms with Crippen molar-refractivity contribution in [2.45, 2.75) is 45.7 Å². The molecule has 0 bridgehead atoms. The van der Waals surface area contributed by atoms with Crippen LogP contribution in [0.25, 0.3) is 10.9 Å². The van der Waals surface area contributed by atoms with E-state index in [0.29, 0.717) is 22.1 Å². The highest BCUT2D eigenvalue weighted by Crippen LogP contribution is 2.29. The number of hydrogen-bond acceptors (Lipinski definition) is 6. The summed E-state index contributed by atoms with van der Waals surface area (Å²) < 4.78 is 1.88. The van der Waals surface area contributed by atoms with Crippen molar-refractivity contribution < 1.29 is 9.59 Å². The van der Waals surface area contributed by atoms with Crippen LogP contribution in [0.3, 0.4) is 0 Å². The highest BCUT2D eigenvalue weighted by Gasteiger charge is 2.31. The molecule has 0 radical (unpaired) electrons. The van der Waals surface area contributed by atoms with Crippen molar-refractivity contribution in [3.63, 3.8) is 0 Å². The third kappa shape index (κ3) is 3.57. The number of aromatic nitrogens is 3. The second-order valence-electron chi connectivity index (χ2n) is 7.01. The summed E-state index contributed by atoms with van der Waals surface area (Å²) in [5.41, 5.74) is 6.45. The molecule has 0 aliphatic rings. The molecule has 142 valence electrons. The van der Waals surface area contributed by atoms with Gasteiger partial charge in [0, 0.05) is 22.7 Å². The number of nitrogens with one attached hydrogen (secondary N) is 1. The first-order valence-electron chi connectivity index (χ1n) is 8.76. The van der Waals surface area contributed by atoms with Crippen molar-refractivity contribution in [1.29, 1.82) is 0 Å². The van der Waals surface area contributed by atoms with Gasteiger partial charge in [0.05, 0.1) is 5.54 Å². The zero-order chi connectivity index (χ0) is 19.8. The largest absolute Gasteiger partial charge is 0.374 e. The van der Waals surface area contributed by atoms with E-state index < -0.39 is 11.6 Å². The van der Waals surface area contributed by atoms with Crippen LogP contribution in [-0.2, 0) is 10.3 Å². The number of Topliss-reactive ketones (excluding diaryl/α,β-unsaturated/α-hetero) is 1. The average molecular weight is 385 g/mol. The summed E-state index contributed by atoms with van der Waals surface area (Å²) >= 11 is 1.25. The number of carbonyl (C=O) groups excluding carboxylic acids is 2. The lowest BCUT2D eigenvalue weighted by molar-refractivity contribution is -0.126. The number of amides is 1. The van der Waals surface area contributed by atoms with Crippen LogP contribution in [0.5, 0.6) is 0 Å². The number of nitrogen functional groups attached to an aromatic ring is 1. The molecule has 0 unspecified atom stereocenters. The van der Waals surface area contributed by atoms with E-state index in [1.165, 1.54) is 18.3 Å². The van der Waals surface area contributed by atoms with E-state index in [1.807, 2.05) is 49.6 Å². The van der Waals surface area contributed by atoms with E-state index in [1.54, 1.807) is 6.20 Å². The van der Waals surface area contributed by atoms with Crippen LogP contribution in [0.4, 0.5) is 5.13 Å². The second kappa shape index (κ2) is 7.11. The first kappa shape index (κ1) is 19.0. The quantitative estimate of drug-likeness (QED) is 0.634. The fourth-order valence-corrected chi connectivity index (χ4v) is 3.85. The van der Waals surface area contributed by atoms with Crippen molar-refractivity contribution in [3.05, 3.63) is 41.0 Å². The molecule has 7 nitrogen and oxygen atoms in total. The minimum Gasteiger partial charge on any atom is -0.374 e. The van der Waals surface area contributed by atoms with Crippen LogP contribution >= 0.6 is 11.3 Å². The number of benzene rings is 1. The van der Waals surface area contributed by atoms with Gasteiger partial charge in [0.1, 0.15) is 11.0 Å². The number of carbonyl (C=O) groups is 2. The van der Waals surface area contributed by atoms with Crippen LogP contribution in [0.2, 0.25) is 0 Å². The number of fused-ring (bicyclic) bond motifs is 1. The molecule has 0 spiro atoms. The zero-order valence-electron chi connectivity index (χ0n) is 15.8. The van der Waals surface area contributed by atoms with Gasteiger partial charge in [-0.25, -0.2) is 0 Å². The van der Waals surface area contributed by atoms with E-state index in [2.05, 4.69) is 15.5 Å². The highest BCUT2D eigenvalue weighted by atomic mass is 32.1. The van der Waals surface area contributed by atoms with E-state index in [0.717, 1.165) is 10.9 Å². The van der Waals surface area contributed by atoms with Crippen molar-refractivity contribution >= 4 is 39.1 Å². The minimum atomic E-state index is -0.702. The third-order valence-corrected chi connectivity index (χ3v) is 5.63. The molecule has 3 N–H and O–H groups in total. The van der Waals surface area contributed by atoms with Crippen molar-refractivity contribution in [2.75, 3.05) is 5.73 Å². The maximum Gasteiger partial charge on any atom is 0.243 e. The van der Waals surface area contributed by atoms with Crippen LogP contribution in [0, 0.1) is 0 Å². The molecule has 0 aliphatic heterocycles. The van der Waals surface area contributed by atoms with Crippen LogP contribution in [-0.4, -0.2) is 26.5 Å². The normalized spacial score (nSPS) is 12.9. The van der Waals surface area contributed by atoms with Gasteiger partial charge in [-0.05, 0) is 33.3 Å². The maximum absolute atomic E-state index is 13.1. The highest BCUT2D eigenvalue weighted by molar-refractivity contribution is 7.15. The molecule has 27 heavy (non-hydrogen) atoms. The Hall–Kier alpha value is -2.74. The van der Waals surface area contributed by atoms with Crippen molar-refractivity contribution in [3.8, 4) is 0 Å². The lowest BCUT2D eigenvalue weighted by Gasteiger charge is -2.27. The molecule has 1 amide bonds. The molecule has 8 heteroatoms. The molecule has 3 rings (SSSR count). The van der Waals surface area contributed by atoms with Gasteiger partial charge < -0.3 is 15.6 Å². The van der Waals surface area contributed by atoms with Gasteiger partial charge in [-0.2, -0.15) is 0 Å². The Kier molecular flexibility index (Phi) is 5.01. The Bertz CT molecular complexity index is 1000. The number of anilines is 1. The summed E-state index contributed by atoms with van der Waals surface area (Å²) in [7, 11) is 0. The molecule has 2 heterocycles. The van der Waals surface area contributed by atoms with Gasteiger partial charge in [-0.1, -0.05) is 36.5 Å². The first-order chi connectivity index (χ1) is 12.7. The molecule has 2 aromatic heterocycles. The van der Waals surface area contributed by atoms with Crippen molar-refractivity contribution in [2.24, 2.45) is 0 Å². The number of ketones is 1. The predicted octanol–water partition coefficient (Wildman–Crippen LogP) is 3.28. The summed E-state index contributed by atoms with van der Waals surface area (Å²) in [6, 6.07) is 7.17. The van der Waals surface area contributed by atoms with Gasteiger partial charge >= 0.3 is 0 Å². The summed E-state index contributed by atoms with van der Waals surface area (Å²) in [5.74, 6) is -0.169. The second-order valence-corrected chi connectivity index (χ2v) is 8.02. The number of nitrogens with two attached hydrogens (primary N) is 1. The van der Waals surface area contributed by atoms with E-state index in [-0.39, 0.29) is 11.7 Å². The van der Waals surface area contributed by atoms with Gasteiger partial charge in [-0.3, -0.25) is 9.59 Å². The van der Waals surface area contributed by atoms with Crippen LogP contribution < -0.4 is 11.1 Å². The molecule has 1 atom stereocenters. The van der Waals surface area contributed by atoms with Gasteiger partial charge in [0.2, 0.25) is 11.0 Å². The fourth-order valence-electron chi connectivity index (χ4n) is 3.18. The Balaban J connectivity index is 1.96. The Morgan fingerprint density at radius 2 is 2.00 bits per heavy atom. The van der Waals surface area contributed by atoms with Gasteiger partial charge in [-0.15, -0.1) is 10.2 Å². The Morgan fingerprint density at radius 1 is 1.30 bits per heavy atom. The maximum atomic E-state index is 13.1. The van der Waals surface area contributed by atoms with Crippen molar-refractivity contribution in [1.82, 2.24) is 20.1 Å². The molecule has 0 saturated heterocycles. The zero-order valence-corrected chi connectivity index (χ0v) is 16.6. The average Bonchev–Trinajstić information content (AvgIpc) is 3.20. The molecular weight excluding hydrogens is 362 g/mol. The number of nitrogens with zero attached hydrogens (tertiary/aromatic N) is 3. The predicted molar refractivity (Wildman–Crippen MR) is 107 cm³/mol. The summed E-state index contributed by atoms with van der Waals surface area (Å²) in [6.45, 7) is 7.22. The van der Waals surface area contributed by atoms with E-state index in [4.69, 9.17) is 5.73 Å². The molecular formula is C19H23N5O2S. The minimum absolute atomic E-state index is 0.0233. The smallest absolute Gasteiger partial charge is 0.243 e. The van der Waals surface area contributed by atoms with E-state index >= 15 is 0 Å². The molecule has 1 aromatic carbocycles. The summed E-state index contributed by atoms with van der Waals surface area (Å²) in [4.78, 5) is 25.1. The first-order valence-corrected chi connectivity index (χ1v) is 9.58. The standard InChI is InChI=1S/C19H23N5O2S/c1-5-14(16(26)21-19(3,4)17-22-23-18(20)27-17)24-10-13(11(2)25)12-8-6-7-9-15(12)24/h6-10,14H,5H2,1-4H3,(H2,20,23)(H,21,26)/t14-/m0/s1. The SMILES string of the molecule is CC[C@@H](C(=O)NC(C)(C)c1nnc(N)s1)n1cc(C(C)=O)c2ccccc21. The lowest BCUT2D eigenvalue weighted by Crippen LogP contribution is -2.44. The number of hydrogen-bond donors (Lipinski definition) is 2. The lowest BCUT2D eigenvalue weighted by atomic mass is 10.1. The Labute approximate surface area is 161 Å². The summed E-state index contributed by atoms with van der Waals surface area (Å²) in [5, 5.41) is 12.8. The topological polar surface area (TPSA) is 103 Å². The monoisotopic (exact) mass is 385 g/mol. The van der Waals surface area contributed by atoms with Gasteiger partial charge in [0.25, 0.3) is 0 Å². The van der Waals surface area contributed by atoms with E-state index in [9.17, 15) is 9.59 Å². The summed E-state index contributed by atoms with van der Waals surface area (Å²) in [6.07, 6.45) is 2.35.